The maximum atomic E-state index is 14.3. The van der Waals surface area contributed by atoms with Crippen molar-refractivity contribution >= 4 is 5.91 Å². The molecule has 6 heteroatoms. The van der Waals surface area contributed by atoms with Crippen LogP contribution in [-0.2, 0) is 0 Å². The first kappa shape index (κ1) is 24.3. The van der Waals surface area contributed by atoms with Gasteiger partial charge in [-0.3, -0.25) is 4.79 Å². The van der Waals surface area contributed by atoms with Crippen LogP contribution in [0, 0.1) is 23.0 Å². The summed E-state index contributed by atoms with van der Waals surface area (Å²) in [5, 5.41) is 0. The summed E-state index contributed by atoms with van der Waals surface area (Å²) in [6.07, 6.45) is 9.32. The molecule has 0 saturated heterocycles. The lowest BCUT2D eigenvalue weighted by molar-refractivity contribution is 0.0778. The average Bonchev–Trinajstić information content (AvgIpc) is 3.52. The van der Waals surface area contributed by atoms with Crippen LogP contribution in [0.25, 0.3) is 0 Å². The van der Waals surface area contributed by atoms with Crippen LogP contribution in [0.2, 0.25) is 0 Å². The van der Waals surface area contributed by atoms with E-state index < -0.39 is 17.5 Å². The van der Waals surface area contributed by atoms with Crippen molar-refractivity contribution in [3.05, 3.63) is 70.7 Å². The monoisotopic (exact) mass is 446 g/mol. The number of allylic oxidation sites excluding steroid dienone is 4. The second-order valence-corrected chi connectivity index (χ2v) is 9.35. The molecule has 1 fully saturated rings. The van der Waals surface area contributed by atoms with Crippen LogP contribution < -0.4 is 0 Å². The molecule has 1 saturated carbocycles. The van der Waals surface area contributed by atoms with Crippen LogP contribution >= 0.6 is 0 Å². The van der Waals surface area contributed by atoms with Crippen molar-refractivity contribution < 1.29 is 18.0 Å². The Kier molecular flexibility index (Phi) is 7.65. The first-order valence-electron chi connectivity index (χ1n) is 11.4. The number of hydrogen-bond donors (Lipinski definition) is 0. The maximum Gasteiger partial charge on any atom is 0.261 e. The molecule has 0 spiro atoms. The van der Waals surface area contributed by atoms with Gasteiger partial charge in [0.15, 0.2) is 11.6 Å². The van der Waals surface area contributed by atoms with Crippen LogP contribution in [0.15, 0.2) is 53.5 Å². The second kappa shape index (κ2) is 10.1. The van der Waals surface area contributed by atoms with Crippen LogP contribution in [0.3, 0.4) is 0 Å². The summed E-state index contributed by atoms with van der Waals surface area (Å²) in [4.78, 5) is 16.7. The lowest BCUT2D eigenvalue weighted by atomic mass is 9.75. The van der Waals surface area contributed by atoms with Gasteiger partial charge >= 0.3 is 0 Å². The SMILES string of the molecule is CC1CC1.CCC1(CCN(C)C)CN(C(=O)c2cccc(F)c2F)C2=C1CC=C(F)C=C2. The quantitative estimate of drug-likeness (QED) is 0.534. The van der Waals surface area contributed by atoms with E-state index in [0.717, 1.165) is 36.9 Å². The molecule has 3 aliphatic rings. The first-order valence-corrected chi connectivity index (χ1v) is 11.4. The number of carbonyl (C=O) groups excluding carboxylic acids is 1. The zero-order valence-corrected chi connectivity index (χ0v) is 19.4. The largest absolute Gasteiger partial charge is 0.309 e. The van der Waals surface area contributed by atoms with Crippen LogP contribution in [0.1, 0.15) is 56.3 Å². The zero-order chi connectivity index (χ0) is 23.5. The summed E-state index contributed by atoms with van der Waals surface area (Å²) in [5.74, 6) is -2.09. The van der Waals surface area contributed by atoms with Crippen LogP contribution in [0.5, 0.6) is 0 Å². The van der Waals surface area contributed by atoms with E-state index in [2.05, 4.69) is 11.8 Å². The molecule has 0 aromatic heterocycles. The van der Waals surface area contributed by atoms with E-state index in [1.165, 1.54) is 42.0 Å². The summed E-state index contributed by atoms with van der Waals surface area (Å²) in [7, 11) is 3.95. The Balaban J connectivity index is 0.000000650. The summed E-state index contributed by atoms with van der Waals surface area (Å²) in [6, 6.07) is 3.59. The van der Waals surface area contributed by atoms with Gasteiger partial charge in [0.25, 0.3) is 5.91 Å². The molecule has 1 aliphatic heterocycles. The molecular formula is C26H33F3N2O. The molecule has 3 nitrogen and oxygen atoms in total. The van der Waals surface area contributed by atoms with Crippen molar-refractivity contribution in [2.24, 2.45) is 11.3 Å². The van der Waals surface area contributed by atoms with Gasteiger partial charge in [0, 0.05) is 17.7 Å². The van der Waals surface area contributed by atoms with Crippen molar-refractivity contribution in [2.75, 3.05) is 27.2 Å². The normalized spacial score (nSPS) is 22.4. The number of carbonyl (C=O) groups is 1. The molecular weight excluding hydrogens is 413 g/mol. The molecule has 2 aliphatic carbocycles. The van der Waals surface area contributed by atoms with Crippen molar-refractivity contribution in [3.63, 3.8) is 0 Å². The number of halogens is 3. The molecule has 1 unspecified atom stereocenters. The van der Waals surface area contributed by atoms with Crippen LogP contribution in [0.4, 0.5) is 13.2 Å². The number of benzene rings is 1. The molecule has 4 rings (SSSR count). The van der Waals surface area contributed by atoms with Gasteiger partial charge in [-0.25, -0.2) is 13.2 Å². The minimum Gasteiger partial charge on any atom is -0.309 e. The predicted octanol–water partition coefficient (Wildman–Crippen LogP) is 6.25. The molecule has 1 aromatic rings. The van der Waals surface area contributed by atoms with E-state index in [4.69, 9.17) is 0 Å². The maximum absolute atomic E-state index is 14.3. The topological polar surface area (TPSA) is 23.6 Å². The van der Waals surface area contributed by atoms with E-state index in [1.54, 1.807) is 6.08 Å². The number of amides is 1. The number of nitrogens with zero attached hydrogens (tertiary/aromatic N) is 2. The Morgan fingerprint density at radius 1 is 1.19 bits per heavy atom. The molecule has 174 valence electrons. The highest BCUT2D eigenvalue weighted by molar-refractivity contribution is 5.96. The third-order valence-electron chi connectivity index (χ3n) is 6.61. The second-order valence-electron chi connectivity index (χ2n) is 9.35. The predicted molar refractivity (Wildman–Crippen MR) is 122 cm³/mol. The molecule has 0 N–H and O–H groups in total. The van der Waals surface area contributed by atoms with Gasteiger partial charge in [0.2, 0.25) is 0 Å². The summed E-state index contributed by atoms with van der Waals surface area (Å²) in [5.41, 5.74) is 0.936. The van der Waals surface area contributed by atoms with Gasteiger partial charge in [-0.1, -0.05) is 32.8 Å². The zero-order valence-electron chi connectivity index (χ0n) is 19.4. The minimum atomic E-state index is -1.15. The van der Waals surface area contributed by atoms with Gasteiger partial charge in [-0.15, -0.1) is 0 Å². The third-order valence-corrected chi connectivity index (χ3v) is 6.61. The molecule has 1 aromatic carbocycles. The minimum absolute atomic E-state index is 0.308. The van der Waals surface area contributed by atoms with Gasteiger partial charge < -0.3 is 9.80 Å². The lowest BCUT2D eigenvalue weighted by Gasteiger charge is -2.33. The first-order chi connectivity index (χ1) is 15.2. The highest BCUT2D eigenvalue weighted by atomic mass is 19.2. The number of rotatable bonds is 5. The fourth-order valence-corrected chi connectivity index (χ4v) is 4.19. The molecule has 0 radical (unpaired) electrons. The standard InChI is InChI=1S/C22H25F3N2O.C4H8/c1-4-22(12-13-26(2)3)14-27(19-11-9-15(23)8-10-17(19)22)21(28)16-6-5-7-18(24)20(16)25;1-4-2-3-4/h5-9,11H,4,10,12-14H2,1-3H3;4H,2-3H2,1H3. The van der Waals surface area contributed by atoms with Gasteiger partial charge in [-0.2, -0.15) is 0 Å². The van der Waals surface area contributed by atoms with E-state index in [9.17, 15) is 18.0 Å². The lowest BCUT2D eigenvalue weighted by Crippen LogP contribution is -2.36. The highest BCUT2D eigenvalue weighted by Gasteiger charge is 2.45. The molecule has 1 atom stereocenters. The Hall–Kier alpha value is -2.34. The average molecular weight is 447 g/mol. The highest BCUT2D eigenvalue weighted by Crippen LogP contribution is 2.48. The fourth-order valence-electron chi connectivity index (χ4n) is 4.19. The van der Waals surface area contributed by atoms with Gasteiger partial charge in [0.05, 0.1) is 5.56 Å². The van der Waals surface area contributed by atoms with Crippen LogP contribution in [-0.4, -0.2) is 42.9 Å². The molecule has 0 bridgehead atoms. The summed E-state index contributed by atoms with van der Waals surface area (Å²) >= 11 is 0. The molecule has 1 heterocycles. The summed E-state index contributed by atoms with van der Waals surface area (Å²) < 4.78 is 41.9. The Morgan fingerprint density at radius 3 is 2.47 bits per heavy atom. The fraction of sp³-hybridized carbons (Fsp3) is 0.500. The van der Waals surface area contributed by atoms with E-state index in [1.807, 2.05) is 21.0 Å². The van der Waals surface area contributed by atoms with Gasteiger partial charge in [-0.05, 0) is 81.8 Å². The van der Waals surface area contributed by atoms with Crippen molar-refractivity contribution in [3.8, 4) is 0 Å². The third kappa shape index (κ3) is 5.34. The smallest absolute Gasteiger partial charge is 0.261 e. The Morgan fingerprint density at radius 2 is 1.88 bits per heavy atom. The van der Waals surface area contributed by atoms with Crippen molar-refractivity contribution in [1.82, 2.24) is 9.80 Å². The van der Waals surface area contributed by atoms with Crippen molar-refractivity contribution in [2.45, 2.75) is 46.0 Å². The molecule has 32 heavy (non-hydrogen) atoms. The van der Waals surface area contributed by atoms with Gasteiger partial charge in [0.1, 0.15) is 5.83 Å². The van der Waals surface area contributed by atoms with Crippen molar-refractivity contribution in [1.29, 1.82) is 0 Å². The van der Waals surface area contributed by atoms with E-state index in [-0.39, 0.29) is 16.8 Å². The number of hydrogen-bond acceptors (Lipinski definition) is 2. The van der Waals surface area contributed by atoms with E-state index in [0.29, 0.717) is 18.7 Å². The Bertz CT molecular complexity index is 946. The molecule has 1 amide bonds. The van der Waals surface area contributed by atoms with E-state index >= 15 is 0 Å². The summed E-state index contributed by atoms with van der Waals surface area (Å²) in [6.45, 7) is 5.50. The Labute approximate surface area is 189 Å².